The van der Waals surface area contributed by atoms with Crippen LogP contribution in [0.25, 0.3) is 11.2 Å². The zero-order valence-corrected chi connectivity index (χ0v) is 20.3. The number of carbonyl (C=O) groups excluding carboxylic acids is 1. The number of hydrogen-bond donors (Lipinski definition) is 1. The first-order valence-corrected chi connectivity index (χ1v) is 12.7. The number of nitrogens with two attached hydrogens (primary N) is 1. The van der Waals surface area contributed by atoms with Gasteiger partial charge in [0.1, 0.15) is 5.52 Å². The van der Waals surface area contributed by atoms with Gasteiger partial charge >= 0.3 is 0 Å². The molecule has 0 unspecified atom stereocenters. The molecule has 10 nitrogen and oxygen atoms in total. The van der Waals surface area contributed by atoms with E-state index in [0.29, 0.717) is 24.5 Å². The maximum Gasteiger partial charge on any atom is 0.298 e. The van der Waals surface area contributed by atoms with Crippen molar-refractivity contribution in [3.8, 4) is 6.01 Å². The lowest BCUT2D eigenvalue weighted by Gasteiger charge is -2.37. The zero-order valence-electron chi connectivity index (χ0n) is 20.3. The second-order valence-electron chi connectivity index (χ2n) is 9.52. The molecule has 3 aromatic heterocycles. The van der Waals surface area contributed by atoms with Crippen LogP contribution in [0.2, 0.25) is 0 Å². The second-order valence-corrected chi connectivity index (χ2v) is 9.52. The molecule has 0 atom stereocenters. The third-order valence-electron chi connectivity index (χ3n) is 7.06. The number of piperidine rings is 2. The molecule has 0 aromatic carbocycles. The number of carbonyl (C=O) groups is 1. The number of fused-ring (bicyclic) bond motifs is 1. The van der Waals surface area contributed by atoms with Gasteiger partial charge in [-0.3, -0.25) is 14.3 Å². The normalized spacial score (nSPS) is 18.3. The van der Waals surface area contributed by atoms with Gasteiger partial charge in [0.15, 0.2) is 5.65 Å². The Labute approximate surface area is 205 Å². The fourth-order valence-corrected chi connectivity index (χ4v) is 5.18. The van der Waals surface area contributed by atoms with Crippen LogP contribution in [-0.2, 0) is 11.3 Å². The highest BCUT2D eigenvalue weighted by molar-refractivity contribution is 5.79. The lowest BCUT2D eigenvalue weighted by atomic mass is 9.93. The summed E-state index contributed by atoms with van der Waals surface area (Å²) in [6, 6.07) is 4.75. The minimum atomic E-state index is 0.102. The molecule has 0 radical (unpaired) electrons. The predicted octanol–water partition coefficient (Wildman–Crippen LogP) is 2.67. The Morgan fingerprint density at radius 1 is 1.09 bits per heavy atom. The zero-order chi connectivity index (χ0) is 24.2. The SMILES string of the molecule is CCCOc1nc2cccnc2n1C1CCN(C(=O)C2CCN(Cc3cnc(N)nc3)CC2)CC1. The first-order valence-electron chi connectivity index (χ1n) is 12.7. The van der Waals surface area contributed by atoms with Crippen molar-refractivity contribution >= 4 is 23.0 Å². The van der Waals surface area contributed by atoms with E-state index >= 15 is 0 Å². The van der Waals surface area contributed by atoms with Crippen molar-refractivity contribution in [2.45, 2.75) is 51.6 Å². The van der Waals surface area contributed by atoms with Crippen molar-refractivity contribution in [2.75, 3.05) is 38.5 Å². The molecular weight excluding hydrogens is 444 g/mol. The summed E-state index contributed by atoms with van der Waals surface area (Å²) in [5, 5.41) is 0. The van der Waals surface area contributed by atoms with Gasteiger partial charge in [-0.2, -0.15) is 4.98 Å². The van der Waals surface area contributed by atoms with Crippen molar-refractivity contribution in [1.82, 2.24) is 34.3 Å². The highest BCUT2D eigenvalue weighted by atomic mass is 16.5. The van der Waals surface area contributed by atoms with Gasteiger partial charge in [-0.25, -0.2) is 15.0 Å². The Morgan fingerprint density at radius 3 is 2.54 bits per heavy atom. The largest absolute Gasteiger partial charge is 0.465 e. The molecule has 186 valence electrons. The maximum absolute atomic E-state index is 13.3. The minimum Gasteiger partial charge on any atom is -0.465 e. The molecule has 0 saturated carbocycles. The summed E-state index contributed by atoms with van der Waals surface area (Å²) in [6.45, 7) is 6.83. The number of anilines is 1. The summed E-state index contributed by atoms with van der Waals surface area (Å²) in [5.74, 6) is 0.698. The van der Waals surface area contributed by atoms with E-state index in [9.17, 15) is 4.79 Å². The highest BCUT2D eigenvalue weighted by Gasteiger charge is 2.32. The van der Waals surface area contributed by atoms with E-state index in [2.05, 4.69) is 41.2 Å². The maximum atomic E-state index is 13.3. The van der Waals surface area contributed by atoms with Crippen LogP contribution in [0.15, 0.2) is 30.7 Å². The number of nitrogen functional groups attached to an aromatic ring is 1. The predicted molar refractivity (Wildman–Crippen MR) is 133 cm³/mol. The smallest absolute Gasteiger partial charge is 0.298 e. The minimum absolute atomic E-state index is 0.102. The number of hydrogen-bond acceptors (Lipinski definition) is 8. The van der Waals surface area contributed by atoms with Crippen LogP contribution >= 0.6 is 0 Å². The van der Waals surface area contributed by atoms with E-state index in [1.807, 2.05) is 12.1 Å². The molecule has 3 aromatic rings. The number of amides is 1. The van der Waals surface area contributed by atoms with E-state index in [-0.39, 0.29) is 12.0 Å². The van der Waals surface area contributed by atoms with Crippen LogP contribution in [0, 0.1) is 5.92 Å². The topological polar surface area (TPSA) is 115 Å². The van der Waals surface area contributed by atoms with Gasteiger partial charge in [-0.1, -0.05) is 6.92 Å². The number of likely N-dealkylation sites (tertiary alicyclic amines) is 2. The molecule has 1 amide bonds. The van der Waals surface area contributed by atoms with E-state index in [4.69, 9.17) is 10.5 Å². The van der Waals surface area contributed by atoms with Gasteiger partial charge in [0.2, 0.25) is 11.9 Å². The Morgan fingerprint density at radius 2 is 1.83 bits per heavy atom. The standard InChI is InChI=1S/C25H34N8O2/c1-2-14-35-25-30-21-4-3-9-27-22(21)33(25)20-7-12-32(13-8-20)23(34)19-5-10-31(11-6-19)17-18-15-28-24(26)29-16-18/h3-4,9,15-16,19-20H,2,5-8,10-14,17H2,1H3,(H2,26,28,29). The summed E-state index contributed by atoms with van der Waals surface area (Å²) < 4.78 is 8.11. The van der Waals surface area contributed by atoms with Crippen LogP contribution in [0.4, 0.5) is 5.95 Å². The van der Waals surface area contributed by atoms with Crippen LogP contribution in [0.5, 0.6) is 6.01 Å². The van der Waals surface area contributed by atoms with E-state index in [0.717, 1.165) is 81.6 Å². The first-order chi connectivity index (χ1) is 17.1. The fourth-order valence-electron chi connectivity index (χ4n) is 5.18. The van der Waals surface area contributed by atoms with Crippen LogP contribution in [0.1, 0.15) is 50.6 Å². The highest BCUT2D eigenvalue weighted by Crippen LogP contribution is 2.32. The molecule has 2 saturated heterocycles. The van der Waals surface area contributed by atoms with Crippen LogP contribution < -0.4 is 10.5 Å². The van der Waals surface area contributed by atoms with E-state index in [1.54, 1.807) is 18.6 Å². The Bertz CT molecular complexity index is 1130. The third-order valence-corrected chi connectivity index (χ3v) is 7.06. The van der Waals surface area contributed by atoms with Crippen molar-refractivity contribution < 1.29 is 9.53 Å². The van der Waals surface area contributed by atoms with E-state index in [1.165, 1.54) is 0 Å². The molecule has 5 heterocycles. The molecule has 35 heavy (non-hydrogen) atoms. The molecule has 0 aliphatic carbocycles. The Kier molecular flexibility index (Phi) is 7.08. The van der Waals surface area contributed by atoms with Gasteiger partial charge in [0.25, 0.3) is 6.01 Å². The van der Waals surface area contributed by atoms with Gasteiger partial charge in [-0.05, 0) is 57.3 Å². The molecule has 2 aliphatic rings. The molecular formula is C25H34N8O2. The van der Waals surface area contributed by atoms with Gasteiger partial charge < -0.3 is 15.4 Å². The van der Waals surface area contributed by atoms with Gasteiger partial charge in [0.05, 0.1) is 6.61 Å². The van der Waals surface area contributed by atoms with Crippen LogP contribution in [-0.4, -0.2) is 73.0 Å². The Balaban J connectivity index is 1.16. The summed E-state index contributed by atoms with van der Waals surface area (Å²) in [6.07, 6.45) is 9.83. The second kappa shape index (κ2) is 10.6. The molecule has 2 aliphatic heterocycles. The Hall–Kier alpha value is -3.27. The van der Waals surface area contributed by atoms with Crippen LogP contribution in [0.3, 0.4) is 0 Å². The molecule has 2 N–H and O–H groups in total. The van der Waals surface area contributed by atoms with Gasteiger partial charge in [0, 0.05) is 55.7 Å². The molecule has 0 spiro atoms. The average Bonchev–Trinajstić information content (AvgIpc) is 3.27. The first kappa shape index (κ1) is 23.5. The number of ether oxygens (including phenoxy) is 1. The quantitative estimate of drug-likeness (QED) is 0.551. The number of pyridine rings is 1. The summed E-state index contributed by atoms with van der Waals surface area (Å²) in [7, 11) is 0. The summed E-state index contributed by atoms with van der Waals surface area (Å²) in [4.78, 5) is 35.1. The number of nitrogens with zero attached hydrogens (tertiary/aromatic N) is 7. The molecule has 2 fully saturated rings. The van der Waals surface area contributed by atoms with Gasteiger partial charge in [-0.15, -0.1) is 0 Å². The number of rotatable bonds is 7. The summed E-state index contributed by atoms with van der Waals surface area (Å²) >= 11 is 0. The monoisotopic (exact) mass is 478 g/mol. The fraction of sp³-hybridized carbons (Fsp3) is 0.560. The third kappa shape index (κ3) is 5.22. The number of aromatic nitrogens is 5. The average molecular weight is 479 g/mol. The molecule has 5 rings (SSSR count). The van der Waals surface area contributed by atoms with Crippen molar-refractivity contribution in [1.29, 1.82) is 0 Å². The van der Waals surface area contributed by atoms with Crippen molar-refractivity contribution in [2.24, 2.45) is 5.92 Å². The lowest BCUT2D eigenvalue weighted by Crippen LogP contribution is -2.45. The summed E-state index contributed by atoms with van der Waals surface area (Å²) in [5.41, 5.74) is 8.35. The number of imidazole rings is 1. The molecule has 0 bridgehead atoms. The lowest BCUT2D eigenvalue weighted by molar-refractivity contribution is -0.138. The van der Waals surface area contributed by atoms with E-state index < -0.39 is 0 Å². The van der Waals surface area contributed by atoms with Crippen molar-refractivity contribution in [3.05, 3.63) is 36.3 Å². The molecule has 10 heteroatoms. The van der Waals surface area contributed by atoms with Crippen molar-refractivity contribution in [3.63, 3.8) is 0 Å².